The second kappa shape index (κ2) is 13.6. The molecular formula is C37H40N6O4. The minimum atomic E-state index is -0.828. The Morgan fingerprint density at radius 2 is 1.77 bits per heavy atom. The largest absolute Gasteiger partial charge is 0.444 e. The maximum atomic E-state index is 13.8. The van der Waals surface area contributed by atoms with Crippen LogP contribution >= 0.6 is 0 Å². The summed E-state index contributed by atoms with van der Waals surface area (Å²) >= 11 is 0. The smallest absolute Gasteiger partial charge is 0.410 e. The number of aromatic nitrogens is 3. The Labute approximate surface area is 273 Å². The third-order valence-corrected chi connectivity index (χ3v) is 8.27. The first-order valence-corrected chi connectivity index (χ1v) is 16.1. The van der Waals surface area contributed by atoms with E-state index in [-0.39, 0.29) is 17.9 Å². The van der Waals surface area contributed by atoms with E-state index < -0.39 is 17.6 Å². The molecule has 3 heterocycles. The zero-order valence-corrected chi connectivity index (χ0v) is 27.0. The summed E-state index contributed by atoms with van der Waals surface area (Å²) in [4.78, 5) is 54.5. The van der Waals surface area contributed by atoms with E-state index in [1.54, 1.807) is 23.2 Å². The molecule has 1 saturated heterocycles. The minimum Gasteiger partial charge on any atom is -0.444 e. The molecule has 1 aliphatic rings. The minimum absolute atomic E-state index is 0.0771. The van der Waals surface area contributed by atoms with Gasteiger partial charge < -0.3 is 25.3 Å². The summed E-state index contributed by atoms with van der Waals surface area (Å²) < 4.78 is 5.56. The fourth-order valence-corrected chi connectivity index (χ4v) is 5.94. The van der Waals surface area contributed by atoms with Crippen LogP contribution < -0.4 is 10.6 Å². The molecule has 0 spiro atoms. The molecular weight excluding hydrogens is 592 g/mol. The zero-order valence-electron chi connectivity index (χ0n) is 27.0. The van der Waals surface area contributed by atoms with Crippen LogP contribution in [0.25, 0.3) is 33.3 Å². The number of hydrogen-bond acceptors (Lipinski definition) is 6. The summed E-state index contributed by atoms with van der Waals surface area (Å²) in [7, 11) is 0. The molecule has 0 aliphatic carbocycles. The number of benzene rings is 3. The van der Waals surface area contributed by atoms with Gasteiger partial charge in [-0.05, 0) is 68.7 Å². The van der Waals surface area contributed by atoms with Crippen LogP contribution in [0.1, 0.15) is 49.5 Å². The number of para-hydroxylation sites is 1. The van der Waals surface area contributed by atoms with Gasteiger partial charge in [-0.3, -0.25) is 14.6 Å². The van der Waals surface area contributed by atoms with Crippen LogP contribution in [0.5, 0.6) is 0 Å². The number of rotatable bonds is 8. The van der Waals surface area contributed by atoms with Crippen molar-refractivity contribution >= 4 is 39.7 Å². The number of fused-ring (bicyclic) bond motifs is 2. The molecule has 6 rings (SSSR count). The third-order valence-electron chi connectivity index (χ3n) is 8.27. The molecule has 5 aromatic rings. The van der Waals surface area contributed by atoms with Crippen molar-refractivity contribution in [3.8, 4) is 11.5 Å². The summed E-state index contributed by atoms with van der Waals surface area (Å²) in [5.41, 5.74) is 2.56. The average Bonchev–Trinajstić information content (AvgIpc) is 3.51. The van der Waals surface area contributed by atoms with Gasteiger partial charge in [-0.2, -0.15) is 0 Å². The molecule has 1 unspecified atom stereocenters. The van der Waals surface area contributed by atoms with E-state index in [1.165, 1.54) is 0 Å². The highest BCUT2D eigenvalue weighted by Crippen LogP contribution is 2.25. The van der Waals surface area contributed by atoms with Crippen molar-refractivity contribution in [2.45, 2.75) is 51.7 Å². The van der Waals surface area contributed by atoms with Crippen molar-refractivity contribution in [3.05, 3.63) is 96.2 Å². The first-order valence-electron chi connectivity index (χ1n) is 16.1. The van der Waals surface area contributed by atoms with Crippen molar-refractivity contribution in [1.29, 1.82) is 0 Å². The number of piperidine rings is 1. The lowest BCUT2D eigenvalue weighted by molar-refractivity contribution is -0.123. The lowest BCUT2D eigenvalue weighted by Crippen LogP contribution is -2.50. The summed E-state index contributed by atoms with van der Waals surface area (Å²) in [5.74, 6) is -0.0532. The molecule has 0 saturated carbocycles. The van der Waals surface area contributed by atoms with Gasteiger partial charge >= 0.3 is 6.09 Å². The Morgan fingerprint density at radius 3 is 2.55 bits per heavy atom. The maximum absolute atomic E-state index is 13.8. The molecule has 1 aliphatic heterocycles. The predicted molar refractivity (Wildman–Crippen MR) is 182 cm³/mol. The van der Waals surface area contributed by atoms with Crippen molar-refractivity contribution in [3.63, 3.8) is 0 Å². The second-order valence-electron chi connectivity index (χ2n) is 13.1. The fourth-order valence-electron chi connectivity index (χ4n) is 5.94. The zero-order chi connectivity index (χ0) is 33.0. The molecule has 3 aromatic carbocycles. The molecule has 3 amide bonds. The van der Waals surface area contributed by atoms with Gasteiger partial charge in [0, 0.05) is 37.6 Å². The van der Waals surface area contributed by atoms with Gasteiger partial charge in [-0.1, -0.05) is 60.7 Å². The summed E-state index contributed by atoms with van der Waals surface area (Å²) in [5, 5.41) is 8.10. The predicted octanol–water partition coefficient (Wildman–Crippen LogP) is 5.88. The standard InChI is InChI=1S/C37H40N6O4/c1-37(2,3)47-36(46)43-18-10-13-25(23-43)21-39-35(45)31(19-24-11-5-4-6-12-24)41-34(44)28-16-9-17-29-32(28)42-33(40-29)30-20-26-14-7-8-15-27(26)22-38-30/h4-9,11-12,14-17,20,22,25,31H,10,13,18-19,21,23H2,1-3H3,(H,39,45)(H,40,42)(H,41,44)/t25?,31-/m0/s1. The molecule has 242 valence electrons. The summed E-state index contributed by atoms with van der Waals surface area (Å²) in [6.45, 7) is 7.06. The molecule has 0 bridgehead atoms. The second-order valence-corrected chi connectivity index (χ2v) is 13.1. The van der Waals surface area contributed by atoms with Crippen molar-refractivity contribution in [2.24, 2.45) is 5.92 Å². The van der Waals surface area contributed by atoms with E-state index in [2.05, 4.69) is 20.6 Å². The Hall–Kier alpha value is -5.25. The monoisotopic (exact) mass is 632 g/mol. The van der Waals surface area contributed by atoms with E-state index in [4.69, 9.17) is 9.72 Å². The van der Waals surface area contributed by atoms with Crippen LogP contribution in [0.3, 0.4) is 0 Å². The van der Waals surface area contributed by atoms with Crippen molar-refractivity contribution in [1.82, 2.24) is 30.5 Å². The number of pyridine rings is 1. The van der Waals surface area contributed by atoms with Crippen molar-refractivity contribution < 1.29 is 19.1 Å². The van der Waals surface area contributed by atoms with E-state index >= 15 is 0 Å². The fraction of sp³-hybridized carbons (Fsp3) is 0.324. The number of ether oxygens (including phenoxy) is 1. The number of hydrogen-bond donors (Lipinski definition) is 3. The quantitative estimate of drug-likeness (QED) is 0.196. The number of nitrogens with one attached hydrogen (secondary N) is 3. The third kappa shape index (κ3) is 7.77. The van der Waals surface area contributed by atoms with Gasteiger partial charge in [0.1, 0.15) is 22.9 Å². The topological polar surface area (TPSA) is 129 Å². The highest BCUT2D eigenvalue weighted by atomic mass is 16.6. The van der Waals surface area contributed by atoms with Gasteiger partial charge in [0.05, 0.1) is 11.1 Å². The van der Waals surface area contributed by atoms with E-state index in [1.807, 2.05) is 87.5 Å². The number of likely N-dealkylation sites (tertiary alicyclic amines) is 1. The highest BCUT2D eigenvalue weighted by Gasteiger charge is 2.29. The van der Waals surface area contributed by atoms with Crippen LogP contribution in [0, 0.1) is 5.92 Å². The van der Waals surface area contributed by atoms with Crippen LogP contribution in [-0.2, 0) is 16.0 Å². The van der Waals surface area contributed by atoms with Gasteiger partial charge in [0.25, 0.3) is 5.91 Å². The molecule has 2 atom stereocenters. The SMILES string of the molecule is CC(C)(C)OC(=O)N1CCCC(CNC(=O)[C@H](Cc2ccccc2)NC(=O)c2cccc3[nH]c(-c4cc5ccccc5cn4)nc23)C1. The molecule has 47 heavy (non-hydrogen) atoms. The number of aromatic amines is 1. The lowest BCUT2D eigenvalue weighted by atomic mass is 9.98. The average molecular weight is 633 g/mol. The first kappa shape index (κ1) is 31.7. The van der Waals surface area contributed by atoms with E-state index in [0.29, 0.717) is 54.2 Å². The summed E-state index contributed by atoms with van der Waals surface area (Å²) in [6, 6.07) is 24.1. The molecule has 10 nitrogen and oxygen atoms in total. The molecule has 3 N–H and O–H groups in total. The van der Waals surface area contributed by atoms with Crippen LogP contribution in [0.15, 0.2) is 85.1 Å². The Bertz CT molecular complexity index is 1900. The molecule has 2 aromatic heterocycles. The number of carbonyl (C=O) groups is 3. The highest BCUT2D eigenvalue weighted by molar-refractivity contribution is 6.06. The number of imidazole rings is 1. The normalized spacial score (nSPS) is 15.7. The lowest BCUT2D eigenvalue weighted by Gasteiger charge is -2.34. The first-order chi connectivity index (χ1) is 22.6. The van der Waals surface area contributed by atoms with Crippen LogP contribution in [0.4, 0.5) is 4.79 Å². The number of nitrogens with zero attached hydrogens (tertiary/aromatic N) is 3. The van der Waals surface area contributed by atoms with Crippen LogP contribution in [0.2, 0.25) is 0 Å². The van der Waals surface area contributed by atoms with Crippen LogP contribution in [-0.4, -0.2) is 69.0 Å². The van der Waals surface area contributed by atoms with Gasteiger partial charge in [-0.25, -0.2) is 9.78 Å². The molecule has 0 radical (unpaired) electrons. The van der Waals surface area contributed by atoms with Gasteiger partial charge in [-0.15, -0.1) is 0 Å². The maximum Gasteiger partial charge on any atom is 0.410 e. The number of carbonyl (C=O) groups excluding carboxylic acids is 3. The van der Waals surface area contributed by atoms with E-state index in [9.17, 15) is 14.4 Å². The van der Waals surface area contributed by atoms with E-state index in [0.717, 1.165) is 29.2 Å². The Kier molecular flexibility index (Phi) is 9.19. The molecule has 1 fully saturated rings. The summed E-state index contributed by atoms with van der Waals surface area (Å²) in [6.07, 6.45) is 3.49. The van der Waals surface area contributed by atoms with Gasteiger partial charge in [0.15, 0.2) is 5.82 Å². The molecule has 10 heteroatoms. The Balaban J connectivity index is 1.18. The Morgan fingerprint density at radius 1 is 1.00 bits per heavy atom. The van der Waals surface area contributed by atoms with Gasteiger partial charge in [0.2, 0.25) is 5.91 Å². The number of amides is 3. The van der Waals surface area contributed by atoms with Crippen molar-refractivity contribution in [2.75, 3.05) is 19.6 Å². The number of H-pyrrole nitrogens is 1.